The number of nitrogens with one attached hydrogen (secondary N) is 1. The third-order valence-corrected chi connectivity index (χ3v) is 3.45. The second-order valence-electron chi connectivity index (χ2n) is 6.75. The standard InChI is InChI=1S/C20H25NO3/c1-14-6-8-15(9-7-14)18(19(22)24-20(2,3)4)21-16-10-12-17(23-5)13-11-16/h6-13,18,21H,1-5H3/t18-/m0/s1. The van der Waals surface area contributed by atoms with E-state index < -0.39 is 11.6 Å². The van der Waals surface area contributed by atoms with Crippen LogP contribution in [0.1, 0.15) is 37.9 Å². The second-order valence-corrected chi connectivity index (χ2v) is 6.75. The topological polar surface area (TPSA) is 47.6 Å². The van der Waals surface area contributed by atoms with Gasteiger partial charge in [-0.05, 0) is 57.5 Å². The van der Waals surface area contributed by atoms with Crippen molar-refractivity contribution in [1.29, 1.82) is 0 Å². The summed E-state index contributed by atoms with van der Waals surface area (Å²) in [5.74, 6) is 0.465. The molecule has 0 heterocycles. The molecule has 0 radical (unpaired) electrons. The van der Waals surface area contributed by atoms with Gasteiger partial charge in [-0.3, -0.25) is 0 Å². The van der Waals surface area contributed by atoms with E-state index in [9.17, 15) is 4.79 Å². The van der Waals surface area contributed by atoms with Crippen LogP contribution >= 0.6 is 0 Å². The Morgan fingerprint density at radius 3 is 2.08 bits per heavy atom. The van der Waals surface area contributed by atoms with Gasteiger partial charge in [-0.15, -0.1) is 0 Å². The Morgan fingerprint density at radius 1 is 1.00 bits per heavy atom. The van der Waals surface area contributed by atoms with Crippen LogP contribution in [0, 0.1) is 6.92 Å². The van der Waals surface area contributed by atoms with Crippen LogP contribution in [0.2, 0.25) is 0 Å². The molecular formula is C20H25NO3. The molecule has 0 aromatic heterocycles. The van der Waals surface area contributed by atoms with Crippen molar-refractivity contribution >= 4 is 11.7 Å². The van der Waals surface area contributed by atoms with Gasteiger partial charge in [0.15, 0.2) is 6.04 Å². The van der Waals surface area contributed by atoms with Gasteiger partial charge in [0.1, 0.15) is 11.4 Å². The molecule has 0 aliphatic carbocycles. The number of hydrogen-bond donors (Lipinski definition) is 1. The number of anilines is 1. The highest BCUT2D eigenvalue weighted by molar-refractivity contribution is 5.81. The summed E-state index contributed by atoms with van der Waals surface area (Å²) in [7, 11) is 1.62. The average Bonchev–Trinajstić information content (AvgIpc) is 2.52. The van der Waals surface area contributed by atoms with Crippen molar-refractivity contribution in [2.75, 3.05) is 12.4 Å². The number of benzene rings is 2. The van der Waals surface area contributed by atoms with Crippen molar-refractivity contribution < 1.29 is 14.3 Å². The van der Waals surface area contributed by atoms with Gasteiger partial charge < -0.3 is 14.8 Å². The van der Waals surface area contributed by atoms with Crippen LogP contribution in [0.5, 0.6) is 5.75 Å². The van der Waals surface area contributed by atoms with E-state index in [2.05, 4.69) is 5.32 Å². The van der Waals surface area contributed by atoms with Gasteiger partial charge in [-0.25, -0.2) is 4.79 Å². The van der Waals surface area contributed by atoms with E-state index >= 15 is 0 Å². The maximum Gasteiger partial charge on any atom is 0.333 e. The molecule has 0 spiro atoms. The highest BCUT2D eigenvalue weighted by atomic mass is 16.6. The van der Waals surface area contributed by atoms with Crippen LogP contribution in [-0.4, -0.2) is 18.7 Å². The molecule has 4 heteroatoms. The molecule has 1 atom stereocenters. The second kappa shape index (κ2) is 7.39. The lowest BCUT2D eigenvalue weighted by Crippen LogP contribution is -2.31. The number of methoxy groups -OCH3 is 1. The van der Waals surface area contributed by atoms with E-state index in [-0.39, 0.29) is 5.97 Å². The lowest BCUT2D eigenvalue weighted by atomic mass is 10.0. The van der Waals surface area contributed by atoms with Gasteiger partial charge in [0.2, 0.25) is 0 Å². The first kappa shape index (κ1) is 17.9. The molecule has 0 unspecified atom stereocenters. The Hall–Kier alpha value is -2.49. The molecule has 0 saturated carbocycles. The fourth-order valence-corrected chi connectivity index (χ4v) is 2.25. The molecule has 2 rings (SSSR count). The van der Waals surface area contributed by atoms with Gasteiger partial charge in [0, 0.05) is 5.69 Å². The van der Waals surface area contributed by atoms with Crippen molar-refractivity contribution in [3.05, 3.63) is 59.7 Å². The van der Waals surface area contributed by atoms with Crippen molar-refractivity contribution in [3.63, 3.8) is 0 Å². The summed E-state index contributed by atoms with van der Waals surface area (Å²) in [6, 6.07) is 14.8. The van der Waals surface area contributed by atoms with Gasteiger partial charge >= 0.3 is 5.97 Å². The maximum atomic E-state index is 12.7. The summed E-state index contributed by atoms with van der Waals surface area (Å²) in [5, 5.41) is 3.26. The Kier molecular flexibility index (Phi) is 5.50. The molecule has 0 saturated heterocycles. The van der Waals surface area contributed by atoms with E-state index in [4.69, 9.17) is 9.47 Å². The molecule has 1 N–H and O–H groups in total. The number of esters is 1. The first-order valence-corrected chi connectivity index (χ1v) is 7.98. The van der Waals surface area contributed by atoms with Crippen LogP contribution in [0.25, 0.3) is 0 Å². The Morgan fingerprint density at radius 2 is 1.58 bits per heavy atom. The quantitative estimate of drug-likeness (QED) is 0.822. The molecule has 0 amide bonds. The number of aryl methyl sites for hydroxylation is 1. The zero-order valence-corrected chi connectivity index (χ0v) is 14.9. The number of carbonyl (C=O) groups is 1. The maximum absolute atomic E-state index is 12.7. The van der Waals surface area contributed by atoms with Crippen LogP contribution in [0.15, 0.2) is 48.5 Å². The van der Waals surface area contributed by atoms with Gasteiger partial charge in [-0.2, -0.15) is 0 Å². The summed E-state index contributed by atoms with van der Waals surface area (Å²) in [5.41, 5.74) is 2.30. The highest BCUT2D eigenvalue weighted by Crippen LogP contribution is 2.25. The van der Waals surface area contributed by atoms with Crippen LogP contribution < -0.4 is 10.1 Å². The molecule has 24 heavy (non-hydrogen) atoms. The third-order valence-electron chi connectivity index (χ3n) is 3.45. The largest absolute Gasteiger partial charge is 0.497 e. The van der Waals surface area contributed by atoms with E-state index in [1.54, 1.807) is 7.11 Å². The number of hydrogen-bond acceptors (Lipinski definition) is 4. The molecule has 128 valence electrons. The SMILES string of the molecule is COc1ccc(N[C@H](C(=O)OC(C)(C)C)c2ccc(C)cc2)cc1. The minimum Gasteiger partial charge on any atom is -0.497 e. The zero-order valence-electron chi connectivity index (χ0n) is 14.9. The van der Waals surface area contributed by atoms with E-state index in [0.29, 0.717) is 0 Å². The molecule has 0 fully saturated rings. The average molecular weight is 327 g/mol. The smallest absolute Gasteiger partial charge is 0.333 e. The van der Waals surface area contributed by atoms with Crippen molar-refractivity contribution in [2.24, 2.45) is 0 Å². The predicted molar refractivity (Wildman–Crippen MR) is 96.4 cm³/mol. The van der Waals surface area contributed by atoms with Crippen LogP contribution in [0.3, 0.4) is 0 Å². The van der Waals surface area contributed by atoms with Crippen molar-refractivity contribution in [3.8, 4) is 5.75 Å². The summed E-state index contributed by atoms with van der Waals surface area (Å²) in [6.45, 7) is 7.61. The summed E-state index contributed by atoms with van der Waals surface area (Å²) in [6.07, 6.45) is 0. The van der Waals surface area contributed by atoms with Crippen LogP contribution in [-0.2, 0) is 9.53 Å². The monoisotopic (exact) mass is 327 g/mol. The minimum atomic E-state index is -0.571. The number of rotatable bonds is 5. The lowest BCUT2D eigenvalue weighted by Gasteiger charge is -2.25. The molecule has 2 aromatic carbocycles. The van der Waals surface area contributed by atoms with Crippen LogP contribution in [0.4, 0.5) is 5.69 Å². The zero-order chi connectivity index (χ0) is 17.7. The first-order chi connectivity index (χ1) is 11.3. The minimum absolute atomic E-state index is 0.304. The Bertz CT molecular complexity index is 670. The van der Waals surface area contributed by atoms with Gasteiger partial charge in [-0.1, -0.05) is 29.8 Å². The Labute approximate surface area is 143 Å². The summed E-state index contributed by atoms with van der Waals surface area (Å²) < 4.78 is 10.7. The lowest BCUT2D eigenvalue weighted by molar-refractivity contribution is -0.156. The summed E-state index contributed by atoms with van der Waals surface area (Å²) >= 11 is 0. The van der Waals surface area contributed by atoms with Crippen molar-refractivity contribution in [2.45, 2.75) is 39.3 Å². The molecule has 0 bridgehead atoms. The first-order valence-electron chi connectivity index (χ1n) is 7.98. The Balaban J connectivity index is 2.27. The van der Waals surface area contributed by atoms with Crippen molar-refractivity contribution in [1.82, 2.24) is 0 Å². The van der Waals surface area contributed by atoms with E-state index in [1.165, 1.54) is 0 Å². The fraction of sp³-hybridized carbons (Fsp3) is 0.350. The normalized spacial score (nSPS) is 12.4. The van der Waals surface area contributed by atoms with E-state index in [0.717, 1.165) is 22.6 Å². The molecule has 4 nitrogen and oxygen atoms in total. The molecule has 0 aliphatic heterocycles. The van der Waals surface area contributed by atoms with Gasteiger partial charge in [0.25, 0.3) is 0 Å². The third kappa shape index (κ3) is 5.01. The number of ether oxygens (including phenoxy) is 2. The summed E-state index contributed by atoms with van der Waals surface area (Å²) in [4.78, 5) is 12.7. The molecular weight excluding hydrogens is 302 g/mol. The van der Waals surface area contributed by atoms with Gasteiger partial charge in [0.05, 0.1) is 7.11 Å². The molecule has 0 aliphatic rings. The fourth-order valence-electron chi connectivity index (χ4n) is 2.25. The highest BCUT2D eigenvalue weighted by Gasteiger charge is 2.26. The number of carbonyl (C=O) groups excluding carboxylic acids is 1. The molecule has 2 aromatic rings. The predicted octanol–water partition coefficient (Wildman–Crippen LogP) is 4.50. The van der Waals surface area contributed by atoms with E-state index in [1.807, 2.05) is 76.2 Å².